The van der Waals surface area contributed by atoms with Gasteiger partial charge in [-0.15, -0.1) is 0 Å². The van der Waals surface area contributed by atoms with Crippen molar-refractivity contribution in [2.75, 3.05) is 13.1 Å². The van der Waals surface area contributed by atoms with Crippen LogP contribution in [0.5, 0.6) is 0 Å². The van der Waals surface area contributed by atoms with Gasteiger partial charge in [-0.05, 0) is 18.9 Å². The van der Waals surface area contributed by atoms with Gasteiger partial charge in [0.05, 0.1) is 0 Å². The van der Waals surface area contributed by atoms with Crippen LogP contribution in [0, 0.1) is 6.92 Å². The summed E-state index contributed by atoms with van der Waals surface area (Å²) < 4.78 is 0. The van der Waals surface area contributed by atoms with Gasteiger partial charge in [0.2, 0.25) is 0 Å². The molecule has 1 fully saturated rings. The maximum atomic E-state index is 3.50. The molecule has 1 nitrogen and oxygen atoms in total. The number of benzene rings is 1. The lowest BCUT2D eigenvalue weighted by Gasteiger charge is -2.43. The predicted octanol–water partition coefficient (Wildman–Crippen LogP) is 5.37. The highest BCUT2D eigenvalue weighted by Gasteiger charge is 2.37. The van der Waals surface area contributed by atoms with Gasteiger partial charge in [0, 0.05) is 18.5 Å². The van der Waals surface area contributed by atoms with Crippen LogP contribution in [0.1, 0.15) is 75.8 Å². The molecule has 1 aromatic carbocycles. The topological polar surface area (TPSA) is 12.0 Å². The Morgan fingerprint density at radius 2 is 1.62 bits per heavy atom. The summed E-state index contributed by atoms with van der Waals surface area (Å²) in [6, 6.07) is 9.15. The van der Waals surface area contributed by atoms with Crippen molar-refractivity contribution in [2.45, 2.75) is 77.0 Å². The van der Waals surface area contributed by atoms with Gasteiger partial charge in [-0.25, -0.2) is 0 Å². The number of aryl methyl sites for hydroxylation is 1. The minimum absolute atomic E-state index is 0.439. The monoisotopic (exact) mass is 287 g/mol. The van der Waals surface area contributed by atoms with Gasteiger partial charge in [-0.3, -0.25) is 0 Å². The number of hydrogen-bond acceptors (Lipinski definition) is 1. The molecule has 0 radical (unpaired) electrons. The van der Waals surface area contributed by atoms with E-state index in [9.17, 15) is 0 Å². The predicted molar refractivity (Wildman–Crippen MR) is 93.0 cm³/mol. The molecule has 1 saturated heterocycles. The van der Waals surface area contributed by atoms with E-state index >= 15 is 0 Å². The number of unbranched alkanes of at least 4 members (excludes halogenated alkanes) is 7. The summed E-state index contributed by atoms with van der Waals surface area (Å²) >= 11 is 0. The van der Waals surface area contributed by atoms with Crippen LogP contribution < -0.4 is 5.32 Å². The minimum atomic E-state index is 0.439. The molecule has 118 valence electrons. The largest absolute Gasteiger partial charge is 0.315 e. The summed E-state index contributed by atoms with van der Waals surface area (Å²) in [5, 5.41) is 3.50. The summed E-state index contributed by atoms with van der Waals surface area (Å²) in [5.74, 6) is 0. The fraction of sp³-hybridized carbons (Fsp3) is 0.700. The van der Waals surface area contributed by atoms with Crippen molar-refractivity contribution in [2.24, 2.45) is 0 Å². The molecule has 1 heteroatoms. The van der Waals surface area contributed by atoms with Crippen LogP contribution in [0.2, 0.25) is 0 Å². The molecule has 2 rings (SSSR count). The molecule has 1 heterocycles. The molecule has 0 amide bonds. The fourth-order valence-electron chi connectivity index (χ4n) is 3.52. The molecule has 0 aliphatic carbocycles. The molecular formula is C20H33N. The molecule has 0 aromatic heterocycles. The van der Waals surface area contributed by atoms with Crippen molar-refractivity contribution >= 4 is 0 Å². The quantitative estimate of drug-likeness (QED) is 0.571. The van der Waals surface area contributed by atoms with Crippen molar-refractivity contribution in [1.82, 2.24) is 5.32 Å². The first-order valence-corrected chi connectivity index (χ1v) is 9.05. The van der Waals surface area contributed by atoms with Crippen LogP contribution in [0.3, 0.4) is 0 Å². The summed E-state index contributed by atoms with van der Waals surface area (Å²) in [6.07, 6.45) is 12.7. The zero-order chi connectivity index (χ0) is 15.0. The number of rotatable bonds is 10. The van der Waals surface area contributed by atoms with E-state index in [0.29, 0.717) is 5.41 Å². The molecule has 21 heavy (non-hydrogen) atoms. The second-order valence-electron chi connectivity index (χ2n) is 6.98. The third-order valence-electron chi connectivity index (χ3n) is 5.07. The summed E-state index contributed by atoms with van der Waals surface area (Å²) in [7, 11) is 0. The highest BCUT2D eigenvalue weighted by molar-refractivity contribution is 5.33. The Morgan fingerprint density at radius 1 is 0.952 bits per heavy atom. The standard InChI is InChI=1S/C20H33N/c1-3-4-5-6-7-8-9-10-14-20(16-21-17-20)19-13-11-12-18(2)15-19/h11-13,15,21H,3-10,14,16-17H2,1-2H3. The van der Waals surface area contributed by atoms with Crippen LogP contribution in [-0.2, 0) is 5.41 Å². The van der Waals surface area contributed by atoms with Crippen LogP contribution >= 0.6 is 0 Å². The zero-order valence-electron chi connectivity index (χ0n) is 14.1. The van der Waals surface area contributed by atoms with E-state index in [1.165, 1.54) is 76.4 Å². The number of nitrogens with one attached hydrogen (secondary N) is 1. The van der Waals surface area contributed by atoms with Gasteiger partial charge in [-0.1, -0.05) is 88.1 Å². The summed E-state index contributed by atoms with van der Waals surface area (Å²) in [6.45, 7) is 6.84. The Balaban J connectivity index is 1.68. The van der Waals surface area contributed by atoms with Gasteiger partial charge in [0.15, 0.2) is 0 Å². The first kappa shape index (κ1) is 16.5. The Morgan fingerprint density at radius 3 is 2.19 bits per heavy atom. The molecule has 1 N–H and O–H groups in total. The fourth-order valence-corrected chi connectivity index (χ4v) is 3.52. The first-order valence-electron chi connectivity index (χ1n) is 9.05. The average molecular weight is 287 g/mol. The third kappa shape index (κ3) is 4.85. The lowest BCUT2D eigenvalue weighted by atomic mass is 9.71. The third-order valence-corrected chi connectivity index (χ3v) is 5.07. The molecule has 0 atom stereocenters. The Hall–Kier alpha value is -0.820. The Bertz CT molecular complexity index is 406. The average Bonchev–Trinajstić information content (AvgIpc) is 2.44. The van der Waals surface area contributed by atoms with Crippen molar-refractivity contribution in [3.05, 3.63) is 35.4 Å². The van der Waals surface area contributed by atoms with E-state index in [1.54, 1.807) is 5.56 Å². The normalized spacial score (nSPS) is 16.7. The second kappa shape index (κ2) is 8.58. The highest BCUT2D eigenvalue weighted by Crippen LogP contribution is 2.34. The molecule has 1 aromatic rings. The minimum Gasteiger partial charge on any atom is -0.315 e. The van der Waals surface area contributed by atoms with E-state index in [4.69, 9.17) is 0 Å². The number of hydrogen-bond donors (Lipinski definition) is 1. The lowest BCUT2D eigenvalue weighted by Crippen LogP contribution is -2.56. The van der Waals surface area contributed by atoms with Crippen molar-refractivity contribution in [3.63, 3.8) is 0 Å². The van der Waals surface area contributed by atoms with Crippen LogP contribution in [0.25, 0.3) is 0 Å². The second-order valence-corrected chi connectivity index (χ2v) is 6.98. The van der Waals surface area contributed by atoms with Gasteiger partial charge in [0.25, 0.3) is 0 Å². The van der Waals surface area contributed by atoms with E-state index in [1.807, 2.05) is 0 Å². The molecule has 1 aliphatic heterocycles. The molecular weight excluding hydrogens is 254 g/mol. The van der Waals surface area contributed by atoms with Crippen molar-refractivity contribution < 1.29 is 0 Å². The maximum Gasteiger partial charge on any atom is 0.0202 e. The highest BCUT2D eigenvalue weighted by atomic mass is 15.0. The van der Waals surface area contributed by atoms with E-state index in [2.05, 4.69) is 43.4 Å². The molecule has 0 bridgehead atoms. The summed E-state index contributed by atoms with van der Waals surface area (Å²) in [5.41, 5.74) is 3.40. The van der Waals surface area contributed by atoms with E-state index in [-0.39, 0.29) is 0 Å². The molecule has 0 saturated carbocycles. The van der Waals surface area contributed by atoms with Gasteiger partial charge < -0.3 is 5.32 Å². The lowest BCUT2D eigenvalue weighted by molar-refractivity contribution is 0.249. The molecule has 0 spiro atoms. The smallest absolute Gasteiger partial charge is 0.0202 e. The Kier molecular flexibility index (Phi) is 6.76. The van der Waals surface area contributed by atoms with E-state index < -0.39 is 0 Å². The van der Waals surface area contributed by atoms with Crippen LogP contribution in [0.4, 0.5) is 0 Å². The molecule has 1 aliphatic rings. The first-order chi connectivity index (χ1) is 10.3. The molecule has 0 unspecified atom stereocenters. The zero-order valence-corrected chi connectivity index (χ0v) is 14.1. The van der Waals surface area contributed by atoms with Gasteiger partial charge in [0.1, 0.15) is 0 Å². The van der Waals surface area contributed by atoms with Gasteiger partial charge in [-0.2, -0.15) is 0 Å². The summed E-state index contributed by atoms with van der Waals surface area (Å²) in [4.78, 5) is 0. The maximum absolute atomic E-state index is 3.50. The Labute approximate surface area is 131 Å². The van der Waals surface area contributed by atoms with Crippen molar-refractivity contribution in [3.8, 4) is 0 Å². The van der Waals surface area contributed by atoms with Crippen molar-refractivity contribution in [1.29, 1.82) is 0 Å². The van der Waals surface area contributed by atoms with Gasteiger partial charge >= 0.3 is 0 Å². The van der Waals surface area contributed by atoms with E-state index in [0.717, 1.165) is 0 Å². The van der Waals surface area contributed by atoms with Crippen LogP contribution in [-0.4, -0.2) is 13.1 Å². The van der Waals surface area contributed by atoms with Crippen LogP contribution in [0.15, 0.2) is 24.3 Å². The SMILES string of the molecule is CCCCCCCCCCC1(c2cccc(C)c2)CNC1.